The molecule has 0 bridgehead atoms. The summed E-state index contributed by atoms with van der Waals surface area (Å²) in [6, 6.07) is 11.2. The molecule has 1 N–H and O–H groups in total. The van der Waals surface area contributed by atoms with E-state index in [1.807, 2.05) is 12.3 Å². The van der Waals surface area contributed by atoms with Gasteiger partial charge in [0.05, 0.1) is 21.3 Å². The molecule has 140 valence electrons. The smallest absolute Gasteiger partial charge is 0.223 e. The molecule has 1 saturated carbocycles. The maximum absolute atomic E-state index is 4.82. The Morgan fingerprint density at radius 1 is 1.04 bits per heavy atom. The van der Waals surface area contributed by atoms with Gasteiger partial charge in [0.15, 0.2) is 0 Å². The van der Waals surface area contributed by atoms with Crippen LogP contribution < -0.4 is 5.32 Å². The quantitative estimate of drug-likeness (QED) is 0.602. The van der Waals surface area contributed by atoms with Crippen LogP contribution in [0.2, 0.25) is 0 Å². The minimum atomic E-state index is 0.498. The molecule has 0 saturated heterocycles. The van der Waals surface area contributed by atoms with Crippen LogP contribution in [-0.2, 0) is 6.42 Å². The second-order valence-corrected chi connectivity index (χ2v) is 8.41. The number of hydrogen-bond donors (Lipinski definition) is 1. The summed E-state index contributed by atoms with van der Waals surface area (Å²) in [5, 5.41) is 4.59. The first kappa shape index (κ1) is 18.1. The molecule has 27 heavy (non-hydrogen) atoms. The van der Waals surface area contributed by atoms with E-state index < -0.39 is 0 Å². The van der Waals surface area contributed by atoms with Gasteiger partial charge in [-0.2, -0.15) is 0 Å². The average Bonchev–Trinajstić information content (AvgIpc) is 3.11. The fourth-order valence-electron chi connectivity index (χ4n) is 3.68. The predicted molar refractivity (Wildman–Crippen MR) is 113 cm³/mol. The van der Waals surface area contributed by atoms with E-state index >= 15 is 0 Å². The van der Waals surface area contributed by atoms with E-state index in [9.17, 15) is 0 Å². The predicted octanol–water partition coefficient (Wildman–Crippen LogP) is 5.88. The second kappa shape index (κ2) is 8.17. The van der Waals surface area contributed by atoms with Crippen molar-refractivity contribution in [2.24, 2.45) is 0 Å². The number of aryl methyl sites for hydroxylation is 2. The van der Waals surface area contributed by atoms with E-state index in [4.69, 9.17) is 9.97 Å². The van der Waals surface area contributed by atoms with Gasteiger partial charge >= 0.3 is 0 Å². The Morgan fingerprint density at radius 3 is 2.56 bits per heavy atom. The molecule has 3 aromatic rings. The molecule has 4 nitrogen and oxygen atoms in total. The fraction of sp³-hybridized carbons (Fsp3) is 0.409. The van der Waals surface area contributed by atoms with E-state index in [0.717, 1.165) is 39.2 Å². The van der Waals surface area contributed by atoms with Crippen LogP contribution in [0.25, 0.3) is 21.8 Å². The highest BCUT2D eigenvalue weighted by Gasteiger charge is 2.17. The summed E-state index contributed by atoms with van der Waals surface area (Å²) in [5.74, 6) is 0.734. The number of rotatable bonds is 5. The lowest BCUT2D eigenvalue weighted by atomic mass is 9.96. The van der Waals surface area contributed by atoms with Crippen molar-refractivity contribution in [1.82, 2.24) is 15.0 Å². The molecule has 0 unspecified atom stereocenters. The minimum absolute atomic E-state index is 0.498. The molecule has 4 rings (SSSR count). The van der Waals surface area contributed by atoms with Gasteiger partial charge in [-0.05, 0) is 37.8 Å². The molecular formula is C22H26N4S. The fourth-order valence-corrected chi connectivity index (χ4v) is 4.59. The number of nitrogens with zero attached hydrogens (tertiary/aromatic N) is 3. The van der Waals surface area contributed by atoms with E-state index in [-0.39, 0.29) is 0 Å². The standard InChI is InChI=1S/C22H26N4S/c1-3-16-9-11-17(12-10-16)20-21(27-15(2)24-20)19-13-14-23-22(26-19)25-18-7-5-4-6-8-18/h9-14,18H,3-8H2,1-2H3,(H,23,25,26). The van der Waals surface area contributed by atoms with Crippen LogP contribution in [0.5, 0.6) is 0 Å². The summed E-state index contributed by atoms with van der Waals surface area (Å²) >= 11 is 1.70. The Kier molecular flexibility index (Phi) is 5.48. The van der Waals surface area contributed by atoms with Crippen LogP contribution in [-0.4, -0.2) is 21.0 Å². The number of nitrogens with one attached hydrogen (secondary N) is 1. The van der Waals surface area contributed by atoms with E-state index in [0.29, 0.717) is 6.04 Å². The topological polar surface area (TPSA) is 50.7 Å². The maximum atomic E-state index is 4.82. The van der Waals surface area contributed by atoms with Crippen molar-refractivity contribution < 1.29 is 0 Å². The molecule has 0 spiro atoms. The maximum Gasteiger partial charge on any atom is 0.223 e. The number of benzene rings is 1. The largest absolute Gasteiger partial charge is 0.351 e. The highest BCUT2D eigenvalue weighted by molar-refractivity contribution is 7.15. The third kappa shape index (κ3) is 4.19. The Bertz CT molecular complexity index is 895. The molecule has 0 amide bonds. The molecule has 1 fully saturated rings. The molecule has 2 heterocycles. The summed E-state index contributed by atoms with van der Waals surface area (Å²) in [5.41, 5.74) is 4.45. The van der Waals surface area contributed by atoms with Crippen molar-refractivity contribution in [2.75, 3.05) is 5.32 Å². The van der Waals surface area contributed by atoms with Crippen LogP contribution in [0, 0.1) is 6.92 Å². The van der Waals surface area contributed by atoms with Crippen LogP contribution >= 0.6 is 11.3 Å². The molecule has 1 aliphatic rings. The van der Waals surface area contributed by atoms with Crippen molar-refractivity contribution in [2.45, 2.75) is 58.4 Å². The zero-order valence-electron chi connectivity index (χ0n) is 16.0. The molecule has 2 aromatic heterocycles. The van der Waals surface area contributed by atoms with Gasteiger partial charge < -0.3 is 5.32 Å². The third-order valence-corrected chi connectivity index (χ3v) is 6.19. The van der Waals surface area contributed by atoms with Gasteiger partial charge in [0.2, 0.25) is 5.95 Å². The lowest BCUT2D eigenvalue weighted by Gasteiger charge is -2.22. The molecule has 1 aliphatic carbocycles. The van der Waals surface area contributed by atoms with Gasteiger partial charge in [-0.3, -0.25) is 0 Å². The zero-order chi connectivity index (χ0) is 18.6. The van der Waals surface area contributed by atoms with Gasteiger partial charge in [-0.25, -0.2) is 15.0 Å². The van der Waals surface area contributed by atoms with Crippen molar-refractivity contribution in [3.63, 3.8) is 0 Å². The SMILES string of the molecule is CCc1ccc(-c2nc(C)sc2-c2ccnc(NC3CCCCC3)n2)cc1. The van der Waals surface area contributed by atoms with Crippen LogP contribution in [0.1, 0.15) is 49.6 Å². The van der Waals surface area contributed by atoms with Crippen LogP contribution in [0.15, 0.2) is 36.5 Å². The molecule has 0 aliphatic heterocycles. The first-order valence-corrected chi connectivity index (χ1v) is 10.7. The monoisotopic (exact) mass is 378 g/mol. The van der Waals surface area contributed by atoms with Gasteiger partial charge in [0.25, 0.3) is 0 Å². The van der Waals surface area contributed by atoms with Gasteiger partial charge in [-0.1, -0.05) is 50.5 Å². The Balaban J connectivity index is 1.64. The lowest BCUT2D eigenvalue weighted by Crippen LogP contribution is -2.23. The molecule has 1 aromatic carbocycles. The first-order valence-electron chi connectivity index (χ1n) is 9.89. The lowest BCUT2D eigenvalue weighted by molar-refractivity contribution is 0.461. The van der Waals surface area contributed by atoms with Gasteiger partial charge in [-0.15, -0.1) is 11.3 Å². The summed E-state index contributed by atoms with van der Waals surface area (Å²) in [6.07, 6.45) is 9.26. The van der Waals surface area contributed by atoms with Crippen molar-refractivity contribution in [3.8, 4) is 21.8 Å². The molecule has 0 radical (unpaired) electrons. The molecule has 0 atom stereocenters. The third-order valence-electron chi connectivity index (χ3n) is 5.20. The van der Waals surface area contributed by atoms with E-state index in [1.54, 1.807) is 11.3 Å². The highest BCUT2D eigenvalue weighted by atomic mass is 32.1. The number of thiazole rings is 1. The Labute approximate surface area is 165 Å². The summed E-state index contributed by atoms with van der Waals surface area (Å²) in [4.78, 5) is 15.2. The summed E-state index contributed by atoms with van der Waals surface area (Å²) in [6.45, 7) is 4.23. The normalized spacial score (nSPS) is 15.0. The number of aromatic nitrogens is 3. The first-order chi connectivity index (χ1) is 13.2. The van der Waals surface area contributed by atoms with Crippen molar-refractivity contribution in [3.05, 3.63) is 47.1 Å². The zero-order valence-corrected chi connectivity index (χ0v) is 16.9. The average molecular weight is 379 g/mol. The number of anilines is 1. The van der Waals surface area contributed by atoms with Crippen molar-refractivity contribution >= 4 is 17.3 Å². The van der Waals surface area contributed by atoms with E-state index in [1.165, 1.54) is 37.7 Å². The van der Waals surface area contributed by atoms with Gasteiger partial charge in [0, 0.05) is 17.8 Å². The summed E-state index contributed by atoms with van der Waals surface area (Å²) in [7, 11) is 0. The Morgan fingerprint density at radius 2 is 1.81 bits per heavy atom. The van der Waals surface area contributed by atoms with Crippen LogP contribution in [0.4, 0.5) is 5.95 Å². The van der Waals surface area contributed by atoms with Gasteiger partial charge in [0.1, 0.15) is 0 Å². The molecule has 5 heteroatoms. The minimum Gasteiger partial charge on any atom is -0.351 e. The van der Waals surface area contributed by atoms with Crippen LogP contribution in [0.3, 0.4) is 0 Å². The molecular weight excluding hydrogens is 352 g/mol. The highest BCUT2D eigenvalue weighted by Crippen LogP contribution is 2.36. The second-order valence-electron chi connectivity index (χ2n) is 7.21. The number of hydrogen-bond acceptors (Lipinski definition) is 5. The Hall–Kier alpha value is -2.27. The van der Waals surface area contributed by atoms with Crippen molar-refractivity contribution in [1.29, 1.82) is 0 Å². The van der Waals surface area contributed by atoms with E-state index in [2.05, 4.69) is 48.4 Å². The summed E-state index contributed by atoms with van der Waals surface area (Å²) < 4.78 is 0.